The lowest BCUT2D eigenvalue weighted by Gasteiger charge is -2.21. The zero-order valence-corrected chi connectivity index (χ0v) is 37.1. The molecule has 0 unspecified atom stereocenters. The number of nitrogens with zero attached hydrogens (tertiary/aromatic N) is 4. The minimum absolute atomic E-state index is 0.542. The molecule has 5 heteroatoms. The molecule has 3 heterocycles. The van der Waals surface area contributed by atoms with E-state index < -0.39 is 0 Å². The molecule has 0 saturated carbocycles. The fourth-order valence-electron chi connectivity index (χ4n) is 10.0. The van der Waals surface area contributed by atoms with Crippen LogP contribution in [0.4, 0.5) is 0 Å². The molecule has 0 spiro atoms. The van der Waals surface area contributed by atoms with E-state index in [1.807, 2.05) is 42.5 Å². The summed E-state index contributed by atoms with van der Waals surface area (Å²) in [5.74, 6) is 1.69. The first kappa shape index (κ1) is 39.4. The summed E-state index contributed by atoms with van der Waals surface area (Å²) < 4.78 is 9.06. The molecule has 9 aromatic carbocycles. The van der Waals surface area contributed by atoms with Gasteiger partial charge in [-0.2, -0.15) is 0 Å². The Morgan fingerprint density at radius 1 is 0.368 bits per heavy atom. The second kappa shape index (κ2) is 16.5. The van der Waals surface area contributed by atoms with Crippen LogP contribution in [0.15, 0.2) is 235 Å². The quantitative estimate of drug-likeness (QED) is 0.153. The van der Waals surface area contributed by atoms with Crippen LogP contribution in [-0.4, -0.2) is 19.5 Å². The second-order valence-corrected chi connectivity index (χ2v) is 17.4. The van der Waals surface area contributed by atoms with Gasteiger partial charge in [0.15, 0.2) is 17.5 Å². The average molecular weight is 871 g/mol. The summed E-state index contributed by atoms with van der Waals surface area (Å²) in [5.41, 5.74) is 16.6. The lowest BCUT2D eigenvalue weighted by Crippen LogP contribution is -2.04. The highest BCUT2D eigenvalue weighted by Crippen LogP contribution is 2.45. The maximum absolute atomic E-state index is 6.58. The molecule has 13 rings (SSSR count). The number of benzene rings is 9. The predicted octanol–water partition coefficient (Wildman–Crippen LogP) is 16.6. The topological polar surface area (TPSA) is 56.7 Å². The van der Waals surface area contributed by atoms with Crippen molar-refractivity contribution in [2.24, 2.45) is 0 Å². The molecule has 3 aromatic heterocycles. The van der Waals surface area contributed by atoms with Crippen LogP contribution in [0.25, 0.3) is 123 Å². The largest absolute Gasteiger partial charge is 0.455 e. The lowest BCUT2D eigenvalue weighted by atomic mass is 9.92. The lowest BCUT2D eigenvalue weighted by molar-refractivity contribution is 0.669. The van der Waals surface area contributed by atoms with Crippen molar-refractivity contribution in [3.05, 3.63) is 236 Å². The van der Waals surface area contributed by atoms with Gasteiger partial charge in [0, 0.05) is 43.8 Å². The van der Waals surface area contributed by atoms with E-state index >= 15 is 0 Å². The van der Waals surface area contributed by atoms with Crippen LogP contribution in [0.3, 0.4) is 0 Å². The van der Waals surface area contributed by atoms with Gasteiger partial charge < -0.3 is 8.98 Å². The van der Waals surface area contributed by atoms with Gasteiger partial charge in [0.2, 0.25) is 0 Å². The maximum Gasteiger partial charge on any atom is 0.167 e. The van der Waals surface area contributed by atoms with Crippen LogP contribution in [0.1, 0.15) is 18.4 Å². The smallest absolute Gasteiger partial charge is 0.167 e. The van der Waals surface area contributed by atoms with Crippen LogP contribution in [0.5, 0.6) is 0 Å². The van der Waals surface area contributed by atoms with E-state index in [2.05, 4.69) is 193 Å². The van der Waals surface area contributed by atoms with E-state index in [9.17, 15) is 0 Å². The van der Waals surface area contributed by atoms with Crippen LogP contribution >= 0.6 is 0 Å². The number of fused-ring (bicyclic) bond motifs is 6. The van der Waals surface area contributed by atoms with Gasteiger partial charge in [-0.15, -0.1) is 0 Å². The summed E-state index contributed by atoms with van der Waals surface area (Å²) in [4.78, 5) is 15.9. The summed E-state index contributed by atoms with van der Waals surface area (Å²) in [7, 11) is 0. The molecule has 320 valence electrons. The van der Waals surface area contributed by atoms with Crippen molar-refractivity contribution in [2.45, 2.75) is 12.8 Å². The summed E-state index contributed by atoms with van der Waals surface area (Å²) in [6.45, 7) is 0. The van der Waals surface area contributed by atoms with Gasteiger partial charge in [0.1, 0.15) is 11.2 Å². The standard InChI is InChI=1S/C63H42N4O/c1-6-19-41(20-7-1)46-33-35-56-54(37-46)55-38-47(42-21-8-2-9-22-42)34-36-57(55)67(56)59-52(43-23-10-3-11-24-43)39-48(40-53(59)44-25-12-4-13-26-44)62-64-61(45-27-14-5-15-28-45)65-63(66-62)51-31-18-30-50-49-29-16-17-32-58(49)68-60(50)51/h1,3-8,10-40H,2,9H2. The Morgan fingerprint density at radius 3 is 1.56 bits per heavy atom. The molecule has 0 saturated heterocycles. The van der Waals surface area contributed by atoms with Gasteiger partial charge >= 0.3 is 0 Å². The van der Waals surface area contributed by atoms with Gasteiger partial charge in [0.05, 0.1) is 22.3 Å². The van der Waals surface area contributed by atoms with Crippen molar-refractivity contribution in [1.82, 2.24) is 19.5 Å². The Morgan fingerprint density at radius 2 is 0.912 bits per heavy atom. The molecule has 0 atom stereocenters. The molecule has 0 N–H and O–H groups in total. The molecular weight excluding hydrogens is 829 g/mol. The molecule has 12 aromatic rings. The molecular formula is C63H42N4O. The minimum Gasteiger partial charge on any atom is -0.455 e. The first-order valence-electron chi connectivity index (χ1n) is 23.2. The van der Waals surface area contributed by atoms with E-state index in [0.29, 0.717) is 17.5 Å². The van der Waals surface area contributed by atoms with Crippen LogP contribution in [0, 0.1) is 0 Å². The highest BCUT2D eigenvalue weighted by Gasteiger charge is 2.25. The van der Waals surface area contributed by atoms with Crippen LogP contribution in [0.2, 0.25) is 0 Å². The SMILES string of the molecule is C1=CC(c2ccc3c(c2)c2cc(-c4ccccc4)ccc2n3-c2c(-c3ccccc3)cc(-c3nc(-c4ccccc4)nc(-c4cccc5c4oc4ccccc45)n3)cc2-c2ccccc2)=CCC1. The van der Waals surface area contributed by atoms with E-state index in [0.717, 1.165) is 90.4 Å². The molecule has 68 heavy (non-hydrogen) atoms. The van der Waals surface area contributed by atoms with E-state index in [-0.39, 0.29) is 0 Å². The molecule has 0 radical (unpaired) electrons. The number of hydrogen-bond donors (Lipinski definition) is 0. The van der Waals surface area contributed by atoms with Crippen molar-refractivity contribution in [2.75, 3.05) is 0 Å². The van der Waals surface area contributed by atoms with E-state index in [1.54, 1.807) is 0 Å². The Bertz CT molecular complexity index is 3880. The zero-order chi connectivity index (χ0) is 45.0. The van der Waals surface area contributed by atoms with Gasteiger partial charge in [-0.3, -0.25) is 0 Å². The number of furan rings is 1. The van der Waals surface area contributed by atoms with Crippen molar-refractivity contribution >= 4 is 49.3 Å². The molecule has 1 aliphatic carbocycles. The monoisotopic (exact) mass is 870 g/mol. The normalized spacial score (nSPS) is 12.6. The molecule has 0 bridgehead atoms. The van der Waals surface area contributed by atoms with Crippen LogP contribution in [-0.2, 0) is 0 Å². The van der Waals surface area contributed by atoms with E-state index in [1.165, 1.54) is 33.0 Å². The maximum atomic E-state index is 6.58. The van der Waals surface area contributed by atoms with Crippen molar-refractivity contribution in [3.8, 4) is 73.2 Å². The summed E-state index contributed by atoms with van der Waals surface area (Å²) >= 11 is 0. The number of hydrogen-bond acceptors (Lipinski definition) is 4. The van der Waals surface area contributed by atoms with Crippen molar-refractivity contribution in [1.29, 1.82) is 0 Å². The Hall–Kier alpha value is -8.93. The predicted molar refractivity (Wildman–Crippen MR) is 280 cm³/mol. The summed E-state index contributed by atoms with van der Waals surface area (Å²) in [5, 5.41) is 4.47. The Kier molecular flexibility index (Phi) is 9.57. The second-order valence-electron chi connectivity index (χ2n) is 17.4. The Labute approximate surface area is 393 Å². The average Bonchev–Trinajstić information content (AvgIpc) is 3.97. The third kappa shape index (κ3) is 6.83. The van der Waals surface area contributed by atoms with Gasteiger partial charge in [-0.05, 0) is 94.8 Å². The van der Waals surface area contributed by atoms with Gasteiger partial charge in [0.25, 0.3) is 0 Å². The molecule has 1 aliphatic rings. The van der Waals surface area contributed by atoms with Crippen molar-refractivity contribution < 1.29 is 4.42 Å². The van der Waals surface area contributed by atoms with Gasteiger partial charge in [-0.25, -0.2) is 15.0 Å². The highest BCUT2D eigenvalue weighted by atomic mass is 16.3. The molecule has 5 nitrogen and oxygen atoms in total. The number of para-hydroxylation sites is 2. The molecule has 0 fully saturated rings. The zero-order valence-electron chi connectivity index (χ0n) is 37.1. The third-order valence-electron chi connectivity index (χ3n) is 13.3. The highest BCUT2D eigenvalue weighted by molar-refractivity contribution is 6.13. The number of rotatable bonds is 8. The Balaban J connectivity index is 1.11. The number of allylic oxidation sites excluding steroid dienone is 4. The van der Waals surface area contributed by atoms with E-state index in [4.69, 9.17) is 19.4 Å². The fraction of sp³-hybridized carbons (Fsp3) is 0.0317. The van der Waals surface area contributed by atoms with Gasteiger partial charge in [-0.1, -0.05) is 182 Å². The molecule has 0 aliphatic heterocycles. The van der Waals surface area contributed by atoms with Crippen LogP contribution < -0.4 is 0 Å². The summed E-state index contributed by atoms with van der Waals surface area (Å²) in [6, 6.07) is 75.1. The minimum atomic E-state index is 0.542. The molecule has 0 amide bonds. The first-order chi connectivity index (χ1) is 33.7. The fourth-order valence-corrected chi connectivity index (χ4v) is 10.0. The third-order valence-corrected chi connectivity index (χ3v) is 13.3. The number of aromatic nitrogens is 4. The van der Waals surface area contributed by atoms with Crippen molar-refractivity contribution in [3.63, 3.8) is 0 Å². The first-order valence-corrected chi connectivity index (χ1v) is 23.2. The summed E-state index contributed by atoms with van der Waals surface area (Å²) in [6.07, 6.45) is 9.03.